The summed E-state index contributed by atoms with van der Waals surface area (Å²) in [4.78, 5) is 24.0. The summed E-state index contributed by atoms with van der Waals surface area (Å²) in [5, 5.41) is 14.3. The van der Waals surface area contributed by atoms with Crippen LogP contribution in [0.5, 0.6) is 0 Å². The minimum atomic E-state index is -0.637. The van der Waals surface area contributed by atoms with Crippen molar-refractivity contribution in [1.29, 1.82) is 0 Å². The molecule has 2 N–H and O–H groups in total. The molecule has 146 valence electrons. The van der Waals surface area contributed by atoms with E-state index in [-0.39, 0.29) is 11.9 Å². The summed E-state index contributed by atoms with van der Waals surface area (Å²) < 4.78 is 0.961. The van der Waals surface area contributed by atoms with Crippen LogP contribution in [0.2, 0.25) is 0 Å². The van der Waals surface area contributed by atoms with Crippen molar-refractivity contribution < 1.29 is 9.90 Å². The lowest BCUT2D eigenvalue weighted by Crippen LogP contribution is -2.45. The second-order valence-corrected chi connectivity index (χ2v) is 9.56. The third kappa shape index (κ3) is 3.80. The maximum atomic E-state index is 12.7. The van der Waals surface area contributed by atoms with Gasteiger partial charge in [0.05, 0.1) is 15.9 Å². The Morgan fingerprint density at radius 2 is 2.04 bits per heavy atom. The van der Waals surface area contributed by atoms with E-state index in [2.05, 4.69) is 27.1 Å². The fraction of sp³-hybridized carbons (Fsp3) is 0.650. The number of hydrogen-bond acceptors (Lipinski definition) is 6. The monoisotopic (exact) mass is 388 g/mol. The number of amides is 1. The van der Waals surface area contributed by atoms with Crippen LogP contribution < -0.4 is 10.2 Å². The molecule has 1 aliphatic heterocycles. The number of rotatable bonds is 4. The molecule has 0 radical (unpaired) electrons. The van der Waals surface area contributed by atoms with E-state index < -0.39 is 5.60 Å². The SMILES string of the molecule is C[C@H]1CCN1c1nc2ncc(C(=O)N[C@H]3CC[C@H](C(C)(C)O)CC3)cc2s1. The van der Waals surface area contributed by atoms with Crippen molar-refractivity contribution in [3.8, 4) is 0 Å². The van der Waals surface area contributed by atoms with Gasteiger partial charge in [-0.05, 0) is 64.9 Å². The summed E-state index contributed by atoms with van der Waals surface area (Å²) in [6.45, 7) is 7.00. The van der Waals surface area contributed by atoms with Crippen molar-refractivity contribution >= 4 is 32.7 Å². The zero-order valence-corrected chi connectivity index (χ0v) is 17.1. The molecule has 7 heteroatoms. The van der Waals surface area contributed by atoms with E-state index in [4.69, 9.17) is 0 Å². The molecule has 2 aromatic heterocycles. The third-order valence-electron chi connectivity index (χ3n) is 6.12. The molecule has 1 saturated heterocycles. The Morgan fingerprint density at radius 1 is 1.30 bits per heavy atom. The summed E-state index contributed by atoms with van der Waals surface area (Å²) in [5.74, 6) is 0.242. The average molecular weight is 389 g/mol. The average Bonchev–Trinajstić information content (AvgIpc) is 3.02. The van der Waals surface area contributed by atoms with Crippen LogP contribution >= 0.6 is 11.3 Å². The van der Waals surface area contributed by atoms with E-state index in [1.807, 2.05) is 19.9 Å². The maximum absolute atomic E-state index is 12.7. The molecule has 1 saturated carbocycles. The van der Waals surface area contributed by atoms with Gasteiger partial charge < -0.3 is 15.3 Å². The number of carbonyl (C=O) groups excluding carboxylic acids is 1. The highest BCUT2D eigenvalue weighted by atomic mass is 32.1. The van der Waals surface area contributed by atoms with E-state index >= 15 is 0 Å². The number of anilines is 1. The Morgan fingerprint density at radius 3 is 2.63 bits per heavy atom. The minimum Gasteiger partial charge on any atom is -0.390 e. The molecule has 1 aliphatic carbocycles. The number of pyridine rings is 1. The van der Waals surface area contributed by atoms with Gasteiger partial charge in [-0.25, -0.2) is 4.98 Å². The second kappa shape index (κ2) is 7.02. The first-order valence-electron chi connectivity index (χ1n) is 9.87. The van der Waals surface area contributed by atoms with Crippen LogP contribution in [0.3, 0.4) is 0 Å². The van der Waals surface area contributed by atoms with Gasteiger partial charge in [0.15, 0.2) is 10.8 Å². The molecule has 2 aromatic rings. The molecule has 4 rings (SSSR count). The number of nitrogens with one attached hydrogen (secondary N) is 1. The van der Waals surface area contributed by atoms with E-state index in [1.165, 1.54) is 6.42 Å². The summed E-state index contributed by atoms with van der Waals surface area (Å²) in [7, 11) is 0. The van der Waals surface area contributed by atoms with Crippen molar-refractivity contribution in [2.24, 2.45) is 5.92 Å². The number of hydrogen-bond donors (Lipinski definition) is 2. The van der Waals surface area contributed by atoms with Gasteiger partial charge in [0.2, 0.25) is 0 Å². The van der Waals surface area contributed by atoms with Crippen LogP contribution in [-0.4, -0.2) is 45.2 Å². The molecule has 2 fully saturated rings. The third-order valence-corrected chi connectivity index (χ3v) is 7.15. The second-order valence-electron chi connectivity index (χ2n) is 8.55. The molecule has 2 aliphatic rings. The first-order valence-corrected chi connectivity index (χ1v) is 10.7. The largest absolute Gasteiger partial charge is 0.390 e. The van der Waals surface area contributed by atoms with Crippen molar-refractivity contribution in [1.82, 2.24) is 15.3 Å². The van der Waals surface area contributed by atoms with Gasteiger partial charge in [-0.1, -0.05) is 11.3 Å². The molecule has 6 nitrogen and oxygen atoms in total. The molecule has 1 atom stereocenters. The van der Waals surface area contributed by atoms with Gasteiger partial charge in [-0.2, -0.15) is 4.98 Å². The summed E-state index contributed by atoms with van der Waals surface area (Å²) >= 11 is 1.61. The van der Waals surface area contributed by atoms with Gasteiger partial charge >= 0.3 is 0 Å². The number of thiazole rings is 1. The molecule has 27 heavy (non-hydrogen) atoms. The van der Waals surface area contributed by atoms with Gasteiger partial charge in [0, 0.05) is 24.8 Å². The zero-order chi connectivity index (χ0) is 19.2. The number of fused-ring (bicyclic) bond motifs is 1. The quantitative estimate of drug-likeness (QED) is 0.840. The maximum Gasteiger partial charge on any atom is 0.253 e. The fourth-order valence-corrected chi connectivity index (χ4v) is 5.16. The lowest BCUT2D eigenvalue weighted by molar-refractivity contribution is -0.00257. The number of carbonyl (C=O) groups is 1. The van der Waals surface area contributed by atoms with Crippen molar-refractivity contribution in [2.45, 2.75) is 70.6 Å². The zero-order valence-electron chi connectivity index (χ0n) is 16.2. The number of aromatic nitrogens is 2. The molecule has 1 amide bonds. The predicted molar refractivity (Wildman–Crippen MR) is 108 cm³/mol. The van der Waals surface area contributed by atoms with Gasteiger partial charge in [-0.3, -0.25) is 4.79 Å². The van der Waals surface area contributed by atoms with Crippen molar-refractivity contribution in [2.75, 3.05) is 11.4 Å². The Balaban J connectivity index is 1.41. The Kier molecular flexibility index (Phi) is 4.84. The van der Waals surface area contributed by atoms with Crippen LogP contribution in [0.1, 0.15) is 63.2 Å². The lowest BCUT2D eigenvalue weighted by atomic mass is 9.77. The first kappa shape index (κ1) is 18.6. The Labute approximate surface area is 164 Å². The normalized spacial score (nSPS) is 26.1. The Bertz CT molecular complexity index is 836. The van der Waals surface area contributed by atoms with Gasteiger partial charge in [0.1, 0.15) is 0 Å². The van der Waals surface area contributed by atoms with E-state index in [0.717, 1.165) is 47.7 Å². The standard InChI is InChI=1S/C20H28N4O2S/c1-12-8-9-24(12)19-23-17-16(27-19)10-13(11-21-17)18(25)22-15-6-4-14(5-7-15)20(2,3)26/h10-12,14-15,26H,4-9H2,1-3H3,(H,22,25)/t12-,14-,15-/m0/s1. The van der Waals surface area contributed by atoms with E-state index in [0.29, 0.717) is 17.5 Å². The summed E-state index contributed by atoms with van der Waals surface area (Å²) in [6.07, 6.45) is 6.53. The first-order chi connectivity index (χ1) is 12.8. The van der Waals surface area contributed by atoms with Crippen molar-refractivity contribution in [3.05, 3.63) is 17.8 Å². The van der Waals surface area contributed by atoms with Crippen LogP contribution in [0, 0.1) is 5.92 Å². The highest BCUT2D eigenvalue weighted by molar-refractivity contribution is 7.22. The molecular formula is C20H28N4O2S. The lowest BCUT2D eigenvalue weighted by Gasteiger charge is -2.38. The van der Waals surface area contributed by atoms with Crippen LogP contribution in [0.4, 0.5) is 5.13 Å². The number of nitrogens with zero attached hydrogens (tertiary/aromatic N) is 3. The smallest absolute Gasteiger partial charge is 0.253 e. The van der Waals surface area contributed by atoms with Crippen LogP contribution in [0.15, 0.2) is 12.3 Å². The molecule has 0 spiro atoms. The molecule has 0 aromatic carbocycles. The van der Waals surface area contributed by atoms with Gasteiger partial charge in [0.25, 0.3) is 5.91 Å². The highest BCUT2D eigenvalue weighted by Crippen LogP contribution is 2.34. The summed E-state index contributed by atoms with van der Waals surface area (Å²) in [6, 6.07) is 2.62. The molecular weight excluding hydrogens is 360 g/mol. The van der Waals surface area contributed by atoms with Crippen molar-refractivity contribution in [3.63, 3.8) is 0 Å². The van der Waals surface area contributed by atoms with E-state index in [9.17, 15) is 9.90 Å². The topological polar surface area (TPSA) is 78.4 Å². The minimum absolute atomic E-state index is 0.0663. The molecule has 0 unspecified atom stereocenters. The molecule has 3 heterocycles. The summed E-state index contributed by atoms with van der Waals surface area (Å²) in [5.41, 5.74) is 0.678. The highest BCUT2D eigenvalue weighted by Gasteiger charge is 2.32. The predicted octanol–water partition coefficient (Wildman–Crippen LogP) is 3.35. The molecule has 0 bridgehead atoms. The van der Waals surface area contributed by atoms with Crippen LogP contribution in [0.25, 0.3) is 10.3 Å². The Hall–Kier alpha value is -1.73. The van der Waals surface area contributed by atoms with Crippen LogP contribution in [-0.2, 0) is 0 Å². The number of aliphatic hydroxyl groups is 1. The van der Waals surface area contributed by atoms with Gasteiger partial charge in [-0.15, -0.1) is 0 Å². The fourth-order valence-electron chi connectivity index (χ4n) is 4.07. The van der Waals surface area contributed by atoms with E-state index in [1.54, 1.807) is 17.5 Å².